The molecule has 0 spiro atoms. The van der Waals surface area contributed by atoms with E-state index in [0.717, 1.165) is 10.6 Å². The van der Waals surface area contributed by atoms with Crippen molar-refractivity contribution in [3.05, 3.63) is 46.3 Å². The third-order valence-corrected chi connectivity index (χ3v) is 3.68. The molecule has 0 aliphatic rings. The molecule has 0 unspecified atom stereocenters. The van der Waals surface area contributed by atoms with Crippen LogP contribution in [0.5, 0.6) is 0 Å². The third kappa shape index (κ3) is 3.25. The zero-order valence-electron chi connectivity index (χ0n) is 8.73. The number of hydrogen-bond acceptors (Lipinski definition) is 4. The van der Waals surface area contributed by atoms with Gasteiger partial charge in [0.15, 0.2) is 0 Å². The van der Waals surface area contributed by atoms with Gasteiger partial charge in [0, 0.05) is 10.8 Å². The highest BCUT2D eigenvalue weighted by molar-refractivity contribution is 7.98. The molecule has 6 heteroatoms. The Morgan fingerprint density at radius 1 is 1.24 bits per heavy atom. The molecule has 0 bridgehead atoms. The molecule has 0 aliphatic carbocycles. The molecule has 2 rings (SSSR count). The first-order chi connectivity index (χ1) is 8.16. The monoisotopic (exact) mass is 285 g/mol. The van der Waals surface area contributed by atoms with E-state index in [-0.39, 0.29) is 5.28 Å². The molecule has 2 aromatic rings. The van der Waals surface area contributed by atoms with Crippen LogP contribution in [-0.2, 0) is 5.75 Å². The van der Waals surface area contributed by atoms with Gasteiger partial charge in [0.2, 0.25) is 5.28 Å². The van der Waals surface area contributed by atoms with E-state index in [1.807, 2.05) is 24.3 Å². The zero-order valence-corrected chi connectivity index (χ0v) is 11.1. The van der Waals surface area contributed by atoms with Crippen molar-refractivity contribution < 1.29 is 0 Å². The van der Waals surface area contributed by atoms with Crippen molar-refractivity contribution in [2.75, 3.05) is 5.73 Å². The van der Waals surface area contributed by atoms with E-state index in [1.165, 1.54) is 18.0 Å². The maximum absolute atomic E-state index is 6.06. The number of nitrogens with zero attached hydrogens (tertiary/aromatic N) is 2. The summed E-state index contributed by atoms with van der Waals surface area (Å²) in [6.45, 7) is 0. The van der Waals surface area contributed by atoms with Crippen LogP contribution >= 0.6 is 35.0 Å². The molecule has 0 atom stereocenters. The van der Waals surface area contributed by atoms with E-state index in [1.54, 1.807) is 0 Å². The number of benzene rings is 1. The Bertz CT molecular complexity index is 534. The minimum atomic E-state index is 0.195. The van der Waals surface area contributed by atoms with Crippen LogP contribution in [0.3, 0.4) is 0 Å². The molecule has 0 saturated heterocycles. The summed E-state index contributed by atoms with van der Waals surface area (Å²) in [5.41, 5.74) is 7.31. The fourth-order valence-corrected chi connectivity index (χ4v) is 2.61. The first kappa shape index (κ1) is 12.5. The maximum Gasteiger partial charge on any atom is 0.223 e. The van der Waals surface area contributed by atoms with E-state index in [0.29, 0.717) is 16.5 Å². The highest BCUT2D eigenvalue weighted by Crippen LogP contribution is 2.28. The van der Waals surface area contributed by atoms with Gasteiger partial charge in [-0.15, -0.1) is 0 Å². The second-order valence-electron chi connectivity index (χ2n) is 3.28. The topological polar surface area (TPSA) is 51.8 Å². The zero-order chi connectivity index (χ0) is 12.3. The fraction of sp³-hybridized carbons (Fsp3) is 0.0909. The molecule has 1 aromatic heterocycles. The van der Waals surface area contributed by atoms with Crippen molar-refractivity contribution in [1.29, 1.82) is 0 Å². The van der Waals surface area contributed by atoms with Crippen molar-refractivity contribution in [2.45, 2.75) is 10.8 Å². The number of thioether (sulfide) groups is 1. The molecule has 1 aromatic carbocycles. The minimum absolute atomic E-state index is 0.195. The Kier molecular flexibility index (Phi) is 4.10. The predicted octanol–water partition coefficient (Wildman–Crippen LogP) is 3.66. The largest absolute Gasteiger partial charge is 0.395 e. The van der Waals surface area contributed by atoms with Crippen LogP contribution < -0.4 is 5.73 Å². The van der Waals surface area contributed by atoms with Crippen molar-refractivity contribution >= 4 is 40.7 Å². The highest BCUT2D eigenvalue weighted by Gasteiger charge is 2.06. The first-order valence-corrected chi connectivity index (χ1v) is 6.55. The summed E-state index contributed by atoms with van der Waals surface area (Å²) in [5, 5.41) is 1.60. The Hall–Kier alpha value is -0.970. The molecule has 2 N–H and O–H groups in total. The molecule has 0 saturated carbocycles. The van der Waals surface area contributed by atoms with Gasteiger partial charge in [0.1, 0.15) is 5.03 Å². The molecular weight excluding hydrogens is 277 g/mol. The summed E-state index contributed by atoms with van der Waals surface area (Å²) >= 11 is 13.3. The van der Waals surface area contributed by atoms with Crippen LogP contribution in [0, 0.1) is 0 Å². The van der Waals surface area contributed by atoms with Gasteiger partial charge in [-0.05, 0) is 23.2 Å². The third-order valence-electron chi connectivity index (χ3n) is 2.07. The van der Waals surface area contributed by atoms with E-state index in [9.17, 15) is 0 Å². The summed E-state index contributed by atoms with van der Waals surface area (Å²) < 4.78 is 0. The Labute approximate surface area is 113 Å². The van der Waals surface area contributed by atoms with Crippen molar-refractivity contribution in [3.8, 4) is 0 Å². The average molecular weight is 286 g/mol. The van der Waals surface area contributed by atoms with Crippen molar-refractivity contribution in [1.82, 2.24) is 9.97 Å². The number of aromatic nitrogens is 2. The summed E-state index contributed by atoms with van der Waals surface area (Å²) in [4.78, 5) is 7.87. The highest BCUT2D eigenvalue weighted by atomic mass is 35.5. The van der Waals surface area contributed by atoms with Gasteiger partial charge in [-0.2, -0.15) is 0 Å². The molecule has 0 radical (unpaired) electrons. The normalized spacial score (nSPS) is 10.5. The molecule has 0 aliphatic heterocycles. The molecule has 1 heterocycles. The quantitative estimate of drug-likeness (QED) is 0.531. The van der Waals surface area contributed by atoms with E-state index >= 15 is 0 Å². The van der Waals surface area contributed by atoms with Crippen LogP contribution in [0.2, 0.25) is 10.3 Å². The number of anilines is 1. The van der Waals surface area contributed by atoms with Gasteiger partial charge >= 0.3 is 0 Å². The molecule has 3 nitrogen and oxygen atoms in total. The Morgan fingerprint density at radius 2 is 2.00 bits per heavy atom. The molecular formula is C11H9Cl2N3S. The number of halogens is 2. The molecule has 17 heavy (non-hydrogen) atoms. The summed E-state index contributed by atoms with van der Waals surface area (Å²) in [6.07, 6.45) is 1.50. The lowest BCUT2D eigenvalue weighted by Gasteiger charge is -2.05. The van der Waals surface area contributed by atoms with Crippen LogP contribution in [0.25, 0.3) is 0 Å². The lowest BCUT2D eigenvalue weighted by molar-refractivity contribution is 1.06. The summed E-state index contributed by atoms with van der Waals surface area (Å²) in [7, 11) is 0. The van der Waals surface area contributed by atoms with Gasteiger partial charge in [-0.25, -0.2) is 9.97 Å². The predicted molar refractivity (Wildman–Crippen MR) is 72.5 cm³/mol. The smallest absolute Gasteiger partial charge is 0.223 e. The van der Waals surface area contributed by atoms with Gasteiger partial charge in [-0.3, -0.25) is 0 Å². The van der Waals surface area contributed by atoms with Crippen LogP contribution in [0.1, 0.15) is 5.56 Å². The standard InChI is InChI=1S/C11H9Cl2N3S/c12-8-4-2-1-3-7(8)6-17-10-9(14)5-15-11(13)16-10/h1-5H,6,14H2. The van der Waals surface area contributed by atoms with Crippen molar-refractivity contribution in [3.63, 3.8) is 0 Å². The van der Waals surface area contributed by atoms with Gasteiger partial charge in [0.05, 0.1) is 11.9 Å². The van der Waals surface area contributed by atoms with Crippen LogP contribution in [0.15, 0.2) is 35.5 Å². The van der Waals surface area contributed by atoms with E-state index in [2.05, 4.69) is 9.97 Å². The maximum atomic E-state index is 6.06. The fourth-order valence-electron chi connectivity index (χ4n) is 1.23. The second kappa shape index (κ2) is 5.58. The minimum Gasteiger partial charge on any atom is -0.395 e. The Balaban J connectivity index is 2.12. The summed E-state index contributed by atoms with van der Waals surface area (Å²) in [5.74, 6) is 0.692. The molecule has 88 valence electrons. The second-order valence-corrected chi connectivity index (χ2v) is 4.99. The first-order valence-electron chi connectivity index (χ1n) is 4.81. The van der Waals surface area contributed by atoms with Crippen LogP contribution in [0.4, 0.5) is 5.69 Å². The Morgan fingerprint density at radius 3 is 2.76 bits per heavy atom. The number of nitrogen functional groups attached to an aromatic ring is 1. The van der Waals surface area contributed by atoms with Crippen LogP contribution in [-0.4, -0.2) is 9.97 Å². The van der Waals surface area contributed by atoms with Gasteiger partial charge in [-0.1, -0.05) is 41.6 Å². The number of nitrogens with two attached hydrogens (primary N) is 1. The van der Waals surface area contributed by atoms with E-state index in [4.69, 9.17) is 28.9 Å². The SMILES string of the molecule is Nc1cnc(Cl)nc1SCc1ccccc1Cl. The molecule has 0 fully saturated rings. The van der Waals surface area contributed by atoms with Crippen molar-refractivity contribution in [2.24, 2.45) is 0 Å². The summed E-state index contributed by atoms with van der Waals surface area (Å²) in [6, 6.07) is 7.66. The molecule has 0 amide bonds. The average Bonchev–Trinajstić information content (AvgIpc) is 2.32. The van der Waals surface area contributed by atoms with E-state index < -0.39 is 0 Å². The number of hydrogen-bond donors (Lipinski definition) is 1. The lowest BCUT2D eigenvalue weighted by atomic mass is 10.2. The number of rotatable bonds is 3. The van der Waals surface area contributed by atoms with Gasteiger partial charge in [0.25, 0.3) is 0 Å². The van der Waals surface area contributed by atoms with Gasteiger partial charge < -0.3 is 5.73 Å². The lowest BCUT2D eigenvalue weighted by Crippen LogP contribution is -1.95.